The van der Waals surface area contributed by atoms with E-state index in [4.69, 9.17) is 0 Å². The quantitative estimate of drug-likeness (QED) is 0.0590. The molecule has 2 aromatic rings. The van der Waals surface area contributed by atoms with Crippen molar-refractivity contribution in [3.8, 4) is 0 Å². The van der Waals surface area contributed by atoms with E-state index in [0.717, 1.165) is 0 Å². The highest BCUT2D eigenvalue weighted by Crippen LogP contribution is 2.70. The third kappa shape index (κ3) is 14.6. The van der Waals surface area contributed by atoms with Crippen LogP contribution in [0.4, 0.5) is 0 Å². The van der Waals surface area contributed by atoms with E-state index >= 15 is 0 Å². The zero-order chi connectivity index (χ0) is 43.1. The summed E-state index contributed by atoms with van der Waals surface area (Å²) in [6.45, 7) is 19.3. The summed E-state index contributed by atoms with van der Waals surface area (Å²) in [5.41, 5.74) is 7.83. The predicted octanol–water partition coefficient (Wildman–Crippen LogP) is 21.6. The van der Waals surface area contributed by atoms with Crippen LogP contribution in [-0.4, -0.2) is 0 Å². The summed E-state index contributed by atoms with van der Waals surface area (Å²) in [5, 5.41) is 0. The molecule has 60 heavy (non-hydrogen) atoms. The summed E-state index contributed by atoms with van der Waals surface area (Å²) < 4.78 is 0. The van der Waals surface area contributed by atoms with Crippen LogP contribution in [0.5, 0.6) is 0 Å². The van der Waals surface area contributed by atoms with Crippen LogP contribution < -0.4 is 0 Å². The monoisotopic (exact) mass is 861 g/mol. The number of rotatable bonds is 38. The number of allylic oxidation sites excluding steroid dienone is 2. The fourth-order valence-corrected chi connectivity index (χ4v) is 14.2. The van der Waals surface area contributed by atoms with E-state index in [-0.39, 0.29) is 10.8 Å². The average Bonchev–Trinajstić information content (AvgIpc) is 3.99. The van der Waals surface area contributed by atoms with Crippen molar-refractivity contribution in [1.82, 2.24) is 0 Å². The van der Waals surface area contributed by atoms with E-state index in [1.165, 1.54) is 231 Å². The lowest BCUT2D eigenvalue weighted by atomic mass is 9.69. The smallest absolute Gasteiger partial charge is 0.0359 e. The first-order valence-corrected chi connectivity index (χ1v) is 29.0. The van der Waals surface area contributed by atoms with Gasteiger partial charge < -0.3 is 0 Å². The third-order valence-corrected chi connectivity index (χ3v) is 18.1. The molecule has 0 aliphatic heterocycles. The Hall–Kier alpha value is -0.860. The van der Waals surface area contributed by atoms with Crippen LogP contribution in [-0.2, 0) is 10.8 Å². The first kappa shape index (κ1) is 51.8. The molecule has 4 rings (SSSR count). The first-order valence-electron chi connectivity index (χ1n) is 27.4. The van der Waals surface area contributed by atoms with Gasteiger partial charge in [0.1, 0.15) is 0 Å². The molecule has 0 nitrogen and oxygen atoms in total. The fraction of sp³-hybridized carbons (Fsp3) is 0.828. The van der Waals surface area contributed by atoms with Gasteiger partial charge >= 0.3 is 0 Å². The molecule has 2 aliphatic rings. The summed E-state index contributed by atoms with van der Waals surface area (Å²) in [5.74, 6) is 1.21. The lowest BCUT2D eigenvalue weighted by Gasteiger charge is -2.34. The summed E-state index contributed by atoms with van der Waals surface area (Å²) in [7, 11) is 0. The highest BCUT2D eigenvalue weighted by Gasteiger charge is 2.57. The number of unbranched alkanes of at least 4 members (excludes halogenated alkanes) is 28. The molecule has 2 heterocycles. The van der Waals surface area contributed by atoms with Crippen LogP contribution in [0, 0.1) is 0 Å². The SMILES string of the molecule is CCCCCCCCCCC1(CCCCCCCCCC)C2=C(c3sc(C(C)C)cc31)C(CCCCCCCCCC)(CCCCCCCCCC)c1cc(C(C)C)sc12. The zero-order valence-electron chi connectivity index (χ0n) is 41.6. The molecule has 0 radical (unpaired) electrons. The Balaban J connectivity index is 1.75. The minimum absolute atomic E-state index is 0.201. The van der Waals surface area contributed by atoms with Crippen LogP contribution in [0.3, 0.4) is 0 Å². The van der Waals surface area contributed by atoms with Crippen molar-refractivity contribution in [2.45, 2.75) is 309 Å². The summed E-state index contributed by atoms with van der Waals surface area (Å²) in [6, 6.07) is 5.62. The topological polar surface area (TPSA) is 0 Å². The van der Waals surface area contributed by atoms with Gasteiger partial charge in [-0.3, -0.25) is 0 Å². The van der Waals surface area contributed by atoms with Gasteiger partial charge in [0.15, 0.2) is 0 Å². The number of fused-ring (bicyclic) bond motifs is 4. The maximum absolute atomic E-state index is 2.81. The molecular weight excluding hydrogens is 761 g/mol. The number of thiophene rings is 2. The van der Waals surface area contributed by atoms with Crippen molar-refractivity contribution in [3.63, 3.8) is 0 Å². The van der Waals surface area contributed by atoms with Gasteiger partial charge in [0, 0.05) is 30.3 Å². The maximum atomic E-state index is 2.81. The zero-order valence-corrected chi connectivity index (χ0v) is 43.2. The molecule has 0 aromatic carbocycles. The summed E-state index contributed by atoms with van der Waals surface area (Å²) in [6.07, 6.45) is 50.8. The minimum atomic E-state index is 0.201. The second-order valence-corrected chi connectivity index (χ2v) is 23.1. The second-order valence-electron chi connectivity index (χ2n) is 20.9. The van der Waals surface area contributed by atoms with Crippen LogP contribution >= 0.6 is 22.7 Å². The lowest BCUT2D eigenvalue weighted by Crippen LogP contribution is -2.26. The van der Waals surface area contributed by atoms with E-state index in [1.807, 2.05) is 22.3 Å². The molecule has 0 unspecified atom stereocenters. The Morgan fingerprint density at radius 2 is 0.550 bits per heavy atom. The Labute approximate surface area is 383 Å². The van der Waals surface area contributed by atoms with E-state index in [0.29, 0.717) is 11.8 Å². The van der Waals surface area contributed by atoms with Gasteiger partial charge in [-0.2, -0.15) is 0 Å². The van der Waals surface area contributed by atoms with Gasteiger partial charge in [-0.1, -0.05) is 261 Å². The Kier molecular flexibility index (Phi) is 24.9. The third-order valence-electron chi connectivity index (χ3n) is 15.2. The van der Waals surface area contributed by atoms with Crippen molar-refractivity contribution < 1.29 is 0 Å². The highest BCUT2D eigenvalue weighted by atomic mass is 32.1. The van der Waals surface area contributed by atoms with Crippen LogP contribution in [0.25, 0.3) is 11.1 Å². The molecule has 2 heteroatoms. The van der Waals surface area contributed by atoms with Crippen molar-refractivity contribution in [3.05, 3.63) is 42.8 Å². The molecule has 0 N–H and O–H groups in total. The Morgan fingerprint density at radius 1 is 0.333 bits per heavy atom. The molecule has 0 spiro atoms. The molecule has 2 aliphatic carbocycles. The van der Waals surface area contributed by atoms with Gasteiger partial charge in [0.2, 0.25) is 0 Å². The van der Waals surface area contributed by atoms with Crippen LogP contribution in [0.15, 0.2) is 12.1 Å². The molecular formula is C58H100S2. The van der Waals surface area contributed by atoms with E-state index in [1.54, 1.807) is 19.5 Å². The fourth-order valence-electron chi connectivity index (χ4n) is 11.4. The van der Waals surface area contributed by atoms with E-state index in [2.05, 4.69) is 90.2 Å². The van der Waals surface area contributed by atoms with Gasteiger partial charge in [0.25, 0.3) is 0 Å². The lowest BCUT2D eigenvalue weighted by molar-refractivity contribution is 0.418. The number of hydrogen-bond donors (Lipinski definition) is 0. The van der Waals surface area contributed by atoms with Crippen LogP contribution in [0.2, 0.25) is 0 Å². The molecule has 0 saturated carbocycles. The average molecular weight is 862 g/mol. The Bertz CT molecular complexity index is 1300. The normalized spacial score (nSPS) is 15.2. The van der Waals surface area contributed by atoms with Gasteiger partial charge in [-0.15, -0.1) is 22.7 Å². The minimum Gasteiger partial charge on any atom is -0.140 e. The highest BCUT2D eigenvalue weighted by molar-refractivity contribution is 7.15. The molecule has 0 fully saturated rings. The standard InChI is InChI=1S/C58H100S2/c1-9-13-17-21-25-29-33-37-41-57(42-38-34-30-26-22-18-14-10-2)49-45-51(47(5)6)59-55(49)54-53(57)56-50(46-52(60-56)48(7)8)58(54,43-39-35-31-27-23-19-15-11-3)44-40-36-32-28-24-20-16-12-4/h45-48H,9-44H2,1-8H3. The molecule has 0 atom stereocenters. The molecule has 2 aromatic heterocycles. The second kappa shape index (κ2) is 28.8. The molecule has 0 bridgehead atoms. The first-order chi connectivity index (χ1) is 29.3. The summed E-state index contributed by atoms with van der Waals surface area (Å²) in [4.78, 5) is 6.88. The van der Waals surface area contributed by atoms with Crippen molar-refractivity contribution in [2.24, 2.45) is 0 Å². The van der Waals surface area contributed by atoms with Crippen molar-refractivity contribution in [2.75, 3.05) is 0 Å². The largest absolute Gasteiger partial charge is 0.140 e. The Morgan fingerprint density at radius 3 is 0.767 bits per heavy atom. The van der Waals surface area contributed by atoms with E-state index < -0.39 is 0 Å². The maximum Gasteiger partial charge on any atom is 0.0359 e. The van der Waals surface area contributed by atoms with Gasteiger partial charge in [-0.25, -0.2) is 0 Å². The van der Waals surface area contributed by atoms with Gasteiger partial charge in [0.05, 0.1) is 0 Å². The summed E-state index contributed by atoms with van der Waals surface area (Å²) >= 11 is 4.52. The van der Waals surface area contributed by atoms with Crippen molar-refractivity contribution in [1.29, 1.82) is 0 Å². The molecule has 0 saturated heterocycles. The van der Waals surface area contributed by atoms with Crippen LogP contribution in [0.1, 0.15) is 329 Å². The number of hydrogen-bond acceptors (Lipinski definition) is 2. The predicted molar refractivity (Wildman–Crippen MR) is 276 cm³/mol. The molecule has 0 amide bonds. The van der Waals surface area contributed by atoms with Crippen molar-refractivity contribution >= 4 is 33.8 Å². The van der Waals surface area contributed by atoms with E-state index in [9.17, 15) is 0 Å². The van der Waals surface area contributed by atoms with Gasteiger partial charge in [-0.05, 0) is 71.9 Å². The molecule has 344 valence electrons.